The largest absolute Gasteiger partial charge is 0.375 e. The molecule has 1 aliphatic carbocycles. The molecule has 0 spiro atoms. The highest BCUT2D eigenvalue weighted by Gasteiger charge is 2.31. The lowest BCUT2D eigenvalue weighted by Crippen LogP contribution is -2.41. The van der Waals surface area contributed by atoms with Gasteiger partial charge in [0.25, 0.3) is 10.0 Å². The second kappa shape index (κ2) is 11.8. The number of halogens is 2. The van der Waals surface area contributed by atoms with Crippen molar-refractivity contribution in [3.05, 3.63) is 72.4 Å². The molecule has 42 heavy (non-hydrogen) atoms. The summed E-state index contributed by atoms with van der Waals surface area (Å²) >= 11 is 0. The molecule has 3 heterocycles. The van der Waals surface area contributed by atoms with Gasteiger partial charge in [-0.05, 0) is 87.1 Å². The fourth-order valence-corrected chi connectivity index (χ4v) is 6.72. The van der Waals surface area contributed by atoms with E-state index >= 15 is 0 Å². The van der Waals surface area contributed by atoms with E-state index in [1.165, 1.54) is 12.1 Å². The highest BCUT2D eigenvalue weighted by Crippen LogP contribution is 2.30. The molecule has 12 heteroatoms. The van der Waals surface area contributed by atoms with Crippen LogP contribution in [0.3, 0.4) is 0 Å². The van der Waals surface area contributed by atoms with Crippen LogP contribution in [-0.2, 0) is 19.6 Å². The molecule has 6 rings (SSSR count). The summed E-state index contributed by atoms with van der Waals surface area (Å²) in [5.74, 6) is -0.287. The number of aromatic amines is 1. The molecule has 0 atom stereocenters. The van der Waals surface area contributed by atoms with E-state index in [9.17, 15) is 22.0 Å². The van der Waals surface area contributed by atoms with Gasteiger partial charge in [0, 0.05) is 36.8 Å². The van der Waals surface area contributed by atoms with Crippen LogP contribution in [0.5, 0.6) is 0 Å². The monoisotopic (exact) mass is 595 g/mol. The number of carbonyl (C=O) groups excluding carboxylic acids is 1. The van der Waals surface area contributed by atoms with Crippen LogP contribution in [0, 0.1) is 17.6 Å². The minimum absolute atomic E-state index is 0.0361. The average molecular weight is 596 g/mol. The first-order valence-electron chi connectivity index (χ1n) is 14.1. The smallest absolute Gasteiger partial charge is 0.264 e. The molecule has 0 bridgehead atoms. The van der Waals surface area contributed by atoms with Gasteiger partial charge in [-0.25, -0.2) is 31.9 Å². The topological polar surface area (TPSA) is 117 Å². The molecule has 2 aromatic heterocycles. The lowest BCUT2D eigenvalue weighted by atomic mass is 9.87. The number of ether oxygens (including phenoxy) is 1. The highest BCUT2D eigenvalue weighted by atomic mass is 32.2. The summed E-state index contributed by atoms with van der Waals surface area (Å²) in [6.07, 6.45) is 6.10. The zero-order valence-electron chi connectivity index (χ0n) is 22.8. The summed E-state index contributed by atoms with van der Waals surface area (Å²) in [4.78, 5) is 27.0. The van der Waals surface area contributed by atoms with Crippen molar-refractivity contribution in [2.45, 2.75) is 55.6 Å². The maximum atomic E-state index is 13.5. The Bertz CT molecular complexity index is 1660. The van der Waals surface area contributed by atoms with Gasteiger partial charge in [0.15, 0.2) is 0 Å². The minimum Gasteiger partial charge on any atom is -0.375 e. The van der Waals surface area contributed by atoms with Gasteiger partial charge in [-0.15, -0.1) is 0 Å². The summed E-state index contributed by atoms with van der Waals surface area (Å²) < 4.78 is 60.1. The minimum atomic E-state index is -4.04. The number of piperidine rings is 1. The van der Waals surface area contributed by atoms with Crippen molar-refractivity contribution in [2.75, 3.05) is 18.0 Å². The third kappa shape index (κ3) is 6.29. The second-order valence-corrected chi connectivity index (χ2v) is 12.6. The van der Waals surface area contributed by atoms with Crippen molar-refractivity contribution in [3.8, 4) is 11.4 Å². The van der Waals surface area contributed by atoms with Gasteiger partial charge in [-0.2, -0.15) is 0 Å². The Labute approximate surface area is 242 Å². The number of carbonyl (C=O) groups is 1. The first kappa shape index (κ1) is 28.2. The van der Waals surface area contributed by atoms with Crippen LogP contribution in [0.2, 0.25) is 0 Å². The average Bonchev–Trinajstić information content (AvgIpc) is 3.41. The van der Waals surface area contributed by atoms with Crippen molar-refractivity contribution < 1.29 is 26.7 Å². The molecular weight excluding hydrogens is 564 g/mol. The maximum Gasteiger partial charge on any atom is 0.264 e. The summed E-state index contributed by atoms with van der Waals surface area (Å²) in [5, 5.41) is 0. The van der Waals surface area contributed by atoms with Crippen LogP contribution >= 0.6 is 0 Å². The van der Waals surface area contributed by atoms with Gasteiger partial charge < -0.3 is 14.6 Å². The van der Waals surface area contributed by atoms with Crippen LogP contribution < -0.4 is 9.62 Å². The number of H-pyrrole nitrogens is 1. The van der Waals surface area contributed by atoms with Gasteiger partial charge in [-0.3, -0.25) is 4.79 Å². The highest BCUT2D eigenvalue weighted by molar-refractivity contribution is 7.90. The van der Waals surface area contributed by atoms with E-state index in [1.807, 2.05) is 12.1 Å². The van der Waals surface area contributed by atoms with Crippen LogP contribution in [0.15, 0.2) is 65.7 Å². The number of imidazole rings is 1. The third-order valence-electron chi connectivity index (χ3n) is 8.02. The SMILES string of the molecule is O=C(NS(=O)(=O)c1ccc(F)cc1)[C@H]1CC[C@H](OC2CCN(c3ccc(-c4nc5cc(F)ccc5[nH]4)cn3)CC2)CC1. The number of nitrogens with zero attached hydrogens (tertiary/aromatic N) is 3. The van der Waals surface area contributed by atoms with Crippen LogP contribution in [0.25, 0.3) is 22.4 Å². The van der Waals surface area contributed by atoms with E-state index in [0.717, 1.165) is 67.1 Å². The van der Waals surface area contributed by atoms with Gasteiger partial charge in [0.05, 0.1) is 28.1 Å². The van der Waals surface area contributed by atoms with Crippen molar-refractivity contribution in [1.82, 2.24) is 19.7 Å². The molecular formula is C30H31F2N5O4S. The first-order valence-corrected chi connectivity index (χ1v) is 15.6. The van der Waals surface area contributed by atoms with Crippen LogP contribution in [-0.4, -0.2) is 54.6 Å². The molecule has 9 nitrogen and oxygen atoms in total. The molecule has 2 aliphatic rings. The van der Waals surface area contributed by atoms with E-state index in [1.54, 1.807) is 12.3 Å². The van der Waals surface area contributed by atoms with Gasteiger partial charge in [0.2, 0.25) is 5.91 Å². The fourth-order valence-electron chi connectivity index (χ4n) is 5.67. The number of fused-ring (bicyclic) bond motifs is 1. The first-order chi connectivity index (χ1) is 20.2. The molecule has 2 aromatic carbocycles. The second-order valence-electron chi connectivity index (χ2n) is 10.9. The number of aromatic nitrogens is 3. The molecule has 1 aliphatic heterocycles. The van der Waals surface area contributed by atoms with E-state index < -0.39 is 27.7 Å². The number of benzene rings is 2. The lowest BCUT2D eigenvalue weighted by molar-refractivity contribution is -0.125. The molecule has 2 fully saturated rings. The van der Waals surface area contributed by atoms with Crippen LogP contribution in [0.4, 0.5) is 14.6 Å². The predicted molar refractivity (Wildman–Crippen MR) is 153 cm³/mol. The van der Waals surface area contributed by atoms with Gasteiger partial charge in [0.1, 0.15) is 23.3 Å². The zero-order chi connectivity index (χ0) is 29.3. The van der Waals surface area contributed by atoms with E-state index in [-0.39, 0.29) is 22.9 Å². The maximum absolute atomic E-state index is 13.5. The number of anilines is 1. The van der Waals surface area contributed by atoms with Gasteiger partial charge in [-0.1, -0.05) is 0 Å². The Hall–Kier alpha value is -3.90. The standard InChI is InChI=1S/C30H31F2N5O4S/c31-21-4-9-25(10-5-21)42(39,40)36-30(38)19-1-7-23(8-2-19)41-24-13-15-37(16-14-24)28-12-3-20(18-33-28)29-34-26-11-6-22(32)17-27(26)35-29/h3-6,9-12,17-19,23-24H,1-2,7-8,13-16H2,(H,34,35)(H,36,38)/t19-,23-. The fraction of sp³-hybridized carbons (Fsp3) is 0.367. The zero-order valence-corrected chi connectivity index (χ0v) is 23.6. The molecule has 2 N–H and O–H groups in total. The molecule has 1 saturated heterocycles. The van der Waals surface area contributed by atoms with Crippen molar-refractivity contribution in [2.24, 2.45) is 5.92 Å². The summed E-state index contributed by atoms with van der Waals surface area (Å²) in [6, 6.07) is 12.8. The quantitative estimate of drug-likeness (QED) is 0.310. The van der Waals surface area contributed by atoms with Gasteiger partial charge >= 0.3 is 0 Å². The number of nitrogens with one attached hydrogen (secondary N) is 2. The number of sulfonamides is 1. The molecule has 220 valence electrons. The van der Waals surface area contributed by atoms with E-state index in [0.29, 0.717) is 37.0 Å². The Morgan fingerprint density at radius 1 is 0.905 bits per heavy atom. The van der Waals surface area contributed by atoms with Crippen molar-refractivity contribution >= 4 is 32.8 Å². The molecule has 1 saturated carbocycles. The number of pyridine rings is 1. The normalized spacial score (nSPS) is 20.1. The number of hydrogen-bond acceptors (Lipinski definition) is 7. The molecule has 1 amide bonds. The Morgan fingerprint density at radius 3 is 2.29 bits per heavy atom. The summed E-state index contributed by atoms with van der Waals surface area (Å²) in [5.41, 5.74) is 2.16. The van der Waals surface area contributed by atoms with Crippen LogP contribution in [0.1, 0.15) is 38.5 Å². The summed E-state index contributed by atoms with van der Waals surface area (Å²) in [7, 11) is -4.04. The number of hydrogen-bond donors (Lipinski definition) is 2. The Kier molecular flexibility index (Phi) is 7.91. The molecule has 4 aromatic rings. The Balaban J connectivity index is 0.956. The number of rotatable bonds is 7. The summed E-state index contributed by atoms with van der Waals surface area (Å²) in [6.45, 7) is 1.61. The molecule has 0 unspecified atom stereocenters. The third-order valence-corrected chi connectivity index (χ3v) is 9.38. The van der Waals surface area contributed by atoms with E-state index in [2.05, 4.69) is 24.6 Å². The van der Waals surface area contributed by atoms with E-state index in [4.69, 9.17) is 4.74 Å². The predicted octanol–water partition coefficient (Wildman–Crippen LogP) is 4.95. The lowest BCUT2D eigenvalue weighted by Gasteiger charge is -2.36. The van der Waals surface area contributed by atoms with Crippen molar-refractivity contribution in [1.29, 1.82) is 0 Å². The Morgan fingerprint density at radius 2 is 1.60 bits per heavy atom. The number of amides is 1. The van der Waals surface area contributed by atoms with Crippen molar-refractivity contribution in [3.63, 3.8) is 0 Å². The molecule has 0 radical (unpaired) electrons.